The van der Waals surface area contributed by atoms with E-state index in [1.54, 1.807) is 18.2 Å². The predicted octanol–water partition coefficient (Wildman–Crippen LogP) is 6.02. The van der Waals surface area contributed by atoms with Crippen LogP contribution in [0, 0.1) is 18.6 Å². The van der Waals surface area contributed by atoms with Gasteiger partial charge in [-0.2, -0.15) is 4.39 Å². The van der Waals surface area contributed by atoms with Crippen LogP contribution in [-0.2, 0) is 27.5 Å². The van der Waals surface area contributed by atoms with Gasteiger partial charge in [0.25, 0.3) is 5.91 Å². The summed E-state index contributed by atoms with van der Waals surface area (Å²) in [5.74, 6) is -3.56. The van der Waals surface area contributed by atoms with Gasteiger partial charge < -0.3 is 10.6 Å². The average Bonchev–Trinajstić information content (AvgIpc) is 3.01. The third kappa shape index (κ3) is 8.90. The molecule has 0 radical (unpaired) electrons. The van der Waals surface area contributed by atoms with E-state index >= 15 is 4.39 Å². The molecule has 228 valence electrons. The molecule has 0 bridgehead atoms. The first-order chi connectivity index (χ1) is 21.0. The molecule has 0 unspecified atom stereocenters. The molecule has 0 saturated carbocycles. The minimum Gasteiger partial charge on any atom is -0.348 e. The number of carbonyl (C=O) groups excluding carboxylic acids is 2. The highest BCUT2D eigenvalue weighted by Gasteiger charge is 2.27. The van der Waals surface area contributed by atoms with E-state index < -0.39 is 50.5 Å². The second-order valence-corrected chi connectivity index (χ2v) is 12.2. The van der Waals surface area contributed by atoms with Gasteiger partial charge in [0.05, 0.1) is 10.9 Å². The maximum absolute atomic E-state index is 15.4. The Bertz CT molecular complexity index is 1710. The monoisotopic (exact) mass is 620 g/mol. The van der Waals surface area contributed by atoms with Crippen molar-refractivity contribution in [1.29, 1.82) is 0 Å². The normalized spacial score (nSPS) is 13.1. The Hall–Kier alpha value is -4.70. The number of aryl methyl sites for hydroxylation is 2. The second-order valence-electron chi connectivity index (χ2n) is 10.3. The van der Waals surface area contributed by atoms with Crippen molar-refractivity contribution in [2.75, 3.05) is 0 Å². The van der Waals surface area contributed by atoms with Crippen molar-refractivity contribution in [2.24, 2.45) is 0 Å². The number of hydrogen-bond acceptors (Lipinski definition) is 4. The van der Waals surface area contributed by atoms with E-state index in [0.717, 1.165) is 29.3 Å². The zero-order valence-corrected chi connectivity index (χ0v) is 24.7. The number of rotatable bonds is 12. The molecule has 6 nitrogen and oxygen atoms in total. The van der Waals surface area contributed by atoms with E-state index in [2.05, 4.69) is 10.6 Å². The first-order valence-corrected chi connectivity index (χ1v) is 15.3. The molecule has 0 fully saturated rings. The molecule has 4 aromatic carbocycles. The van der Waals surface area contributed by atoms with E-state index in [1.807, 2.05) is 49.4 Å². The smallest absolute Gasteiger partial charge is 0.252 e. The predicted molar refractivity (Wildman–Crippen MR) is 162 cm³/mol. The van der Waals surface area contributed by atoms with Crippen LogP contribution >= 0.6 is 0 Å². The summed E-state index contributed by atoms with van der Waals surface area (Å²) in [6.07, 6.45) is 1.34. The number of amides is 2. The van der Waals surface area contributed by atoms with Gasteiger partial charge in [0, 0.05) is 18.1 Å². The van der Waals surface area contributed by atoms with E-state index in [9.17, 15) is 26.8 Å². The van der Waals surface area contributed by atoms with E-state index in [1.165, 1.54) is 24.3 Å². The lowest BCUT2D eigenvalue weighted by Crippen LogP contribution is -2.50. The highest BCUT2D eigenvalue weighted by molar-refractivity contribution is 7.95. The topological polar surface area (TPSA) is 92.3 Å². The molecule has 44 heavy (non-hydrogen) atoms. The summed E-state index contributed by atoms with van der Waals surface area (Å²) in [4.78, 5) is 26.4. The summed E-state index contributed by atoms with van der Waals surface area (Å²) in [5.41, 5.74) is 2.19. The minimum atomic E-state index is -4.49. The van der Waals surface area contributed by atoms with Gasteiger partial charge in [-0.15, -0.1) is 0 Å². The van der Waals surface area contributed by atoms with Crippen LogP contribution in [0.4, 0.5) is 13.2 Å². The molecule has 0 saturated heterocycles. The molecule has 10 heteroatoms. The van der Waals surface area contributed by atoms with Crippen molar-refractivity contribution in [3.63, 3.8) is 0 Å². The molecule has 2 N–H and O–H groups in total. The van der Waals surface area contributed by atoms with Gasteiger partial charge in [0.1, 0.15) is 17.7 Å². The Morgan fingerprint density at radius 2 is 1.39 bits per heavy atom. The maximum atomic E-state index is 15.4. The van der Waals surface area contributed by atoms with Crippen LogP contribution in [-0.4, -0.2) is 32.3 Å². The van der Waals surface area contributed by atoms with Crippen LogP contribution in [0.2, 0.25) is 0 Å². The number of benzene rings is 4. The maximum Gasteiger partial charge on any atom is 0.252 e. The third-order valence-corrected chi connectivity index (χ3v) is 8.41. The number of sulfone groups is 1. The van der Waals surface area contributed by atoms with Gasteiger partial charge in [-0.05, 0) is 61.2 Å². The number of carbonyl (C=O) groups is 2. The van der Waals surface area contributed by atoms with Gasteiger partial charge in [-0.1, -0.05) is 78.4 Å². The number of halogens is 3. The minimum absolute atomic E-state index is 0.00440. The average molecular weight is 621 g/mol. The highest BCUT2D eigenvalue weighted by atomic mass is 32.2. The van der Waals surface area contributed by atoms with Crippen molar-refractivity contribution >= 4 is 21.7 Å². The lowest BCUT2D eigenvalue weighted by Gasteiger charge is -2.23. The molecule has 0 aliphatic rings. The second kappa shape index (κ2) is 14.7. The highest BCUT2D eigenvalue weighted by Crippen LogP contribution is 2.21. The van der Waals surface area contributed by atoms with Gasteiger partial charge in [-0.25, -0.2) is 17.2 Å². The van der Waals surface area contributed by atoms with E-state index in [4.69, 9.17) is 0 Å². The number of hydrogen-bond donors (Lipinski definition) is 2. The van der Waals surface area contributed by atoms with Crippen LogP contribution in [0.5, 0.6) is 0 Å². The SMILES string of the molecule is Cc1ccc(C[C@H](NC(=O)c2cc(F)cc(F)c2)C(=O)N[C@H](/C=C(\F)S(=O)(=O)c2ccccc2)CCc2ccccc2)cc1. The standard InChI is InChI=1S/C34H31F3N2O4S/c1-23-12-14-25(15-13-23)18-31(39-33(40)26-19-27(35)21-28(36)20-26)34(41)38-29(17-16-24-8-4-2-5-9-24)22-32(37)44(42,43)30-10-6-3-7-11-30/h2-15,19-22,29,31H,16-18H2,1H3,(H,38,41)(H,39,40)/b32-22+/t29-,31-/m0/s1. The summed E-state index contributed by atoms with van der Waals surface area (Å²) in [6, 6.07) is 23.4. The molecule has 0 heterocycles. The summed E-state index contributed by atoms with van der Waals surface area (Å²) < 4.78 is 68.8. The van der Waals surface area contributed by atoms with Crippen molar-refractivity contribution in [3.8, 4) is 0 Å². The van der Waals surface area contributed by atoms with Gasteiger partial charge in [0.15, 0.2) is 0 Å². The van der Waals surface area contributed by atoms with E-state index in [0.29, 0.717) is 18.1 Å². The van der Waals surface area contributed by atoms with Crippen molar-refractivity contribution in [1.82, 2.24) is 10.6 Å². The molecule has 0 spiro atoms. The third-order valence-electron chi connectivity index (χ3n) is 6.86. The fourth-order valence-electron chi connectivity index (χ4n) is 4.50. The zero-order valence-electron chi connectivity index (χ0n) is 23.8. The molecule has 4 aromatic rings. The molecular formula is C34H31F3N2O4S. The van der Waals surface area contributed by atoms with E-state index in [-0.39, 0.29) is 23.3 Å². The largest absolute Gasteiger partial charge is 0.348 e. The molecule has 0 aliphatic heterocycles. The Kier molecular flexibility index (Phi) is 10.7. The summed E-state index contributed by atoms with van der Waals surface area (Å²) in [7, 11) is -4.49. The number of nitrogens with one attached hydrogen (secondary N) is 2. The summed E-state index contributed by atoms with van der Waals surface area (Å²) in [6.45, 7) is 1.88. The van der Waals surface area contributed by atoms with Crippen molar-refractivity contribution in [2.45, 2.75) is 43.2 Å². The Morgan fingerprint density at radius 1 is 0.795 bits per heavy atom. The van der Waals surface area contributed by atoms with Crippen LogP contribution in [0.3, 0.4) is 0 Å². The van der Waals surface area contributed by atoms with Crippen molar-refractivity contribution in [3.05, 3.63) is 148 Å². The molecule has 4 rings (SSSR count). The molecule has 0 aromatic heterocycles. The van der Waals surface area contributed by atoms with Crippen LogP contribution in [0.1, 0.15) is 33.5 Å². The lowest BCUT2D eigenvalue weighted by atomic mass is 10.0. The molecular weight excluding hydrogens is 589 g/mol. The first kappa shape index (κ1) is 32.2. The first-order valence-electron chi connectivity index (χ1n) is 13.9. The van der Waals surface area contributed by atoms with Gasteiger partial charge in [0.2, 0.25) is 20.9 Å². The van der Waals surface area contributed by atoms with Gasteiger partial charge >= 0.3 is 0 Å². The summed E-state index contributed by atoms with van der Waals surface area (Å²) >= 11 is 0. The summed E-state index contributed by atoms with van der Waals surface area (Å²) in [5, 5.41) is 3.76. The van der Waals surface area contributed by atoms with Crippen LogP contribution < -0.4 is 10.6 Å². The fraction of sp³-hybridized carbons (Fsp3) is 0.176. The van der Waals surface area contributed by atoms with Crippen molar-refractivity contribution < 1.29 is 31.2 Å². The van der Waals surface area contributed by atoms with Gasteiger partial charge in [-0.3, -0.25) is 9.59 Å². The van der Waals surface area contributed by atoms with Crippen LogP contribution in [0.25, 0.3) is 0 Å². The zero-order chi connectivity index (χ0) is 31.7. The quantitative estimate of drug-likeness (QED) is 0.203. The van der Waals surface area contributed by atoms with Crippen LogP contribution in [0.15, 0.2) is 119 Å². The molecule has 2 amide bonds. The Labute approximate surface area is 254 Å². The Balaban J connectivity index is 1.63. The molecule has 0 aliphatic carbocycles. The Morgan fingerprint density at radius 3 is 2.00 bits per heavy atom. The lowest BCUT2D eigenvalue weighted by molar-refractivity contribution is -0.123. The molecule has 2 atom stereocenters. The fourth-order valence-corrected chi connectivity index (χ4v) is 5.59.